The molecule has 1 rings (SSSR count). The Labute approximate surface area is 126 Å². The summed E-state index contributed by atoms with van der Waals surface area (Å²) in [5.74, 6) is 1.34. The lowest BCUT2D eigenvalue weighted by molar-refractivity contribution is 0.0905. The highest BCUT2D eigenvalue weighted by Crippen LogP contribution is 2.30. The zero-order chi connectivity index (χ0) is 15.2. The Morgan fingerprint density at radius 3 is 2.65 bits per heavy atom. The van der Waals surface area contributed by atoms with Gasteiger partial charge in [-0.1, -0.05) is 41.0 Å². The first kappa shape index (κ1) is 17.9. The van der Waals surface area contributed by atoms with Gasteiger partial charge in [-0.2, -0.15) is 0 Å². The zero-order valence-corrected chi connectivity index (χ0v) is 14.3. The highest BCUT2D eigenvalue weighted by molar-refractivity contribution is 4.89. The molecule has 0 aromatic carbocycles. The third kappa shape index (κ3) is 5.34. The molecule has 2 N–H and O–H groups in total. The van der Waals surface area contributed by atoms with Crippen LogP contribution in [0, 0.1) is 17.3 Å². The van der Waals surface area contributed by atoms with E-state index in [-0.39, 0.29) is 0 Å². The summed E-state index contributed by atoms with van der Waals surface area (Å²) in [4.78, 5) is 2.53. The maximum absolute atomic E-state index is 9.63. The van der Waals surface area contributed by atoms with Crippen molar-refractivity contribution in [2.45, 2.75) is 59.9 Å². The van der Waals surface area contributed by atoms with E-state index in [2.05, 4.69) is 44.8 Å². The topological polar surface area (TPSA) is 35.5 Å². The molecule has 0 spiro atoms. The number of hydrogen-bond donors (Lipinski definition) is 2. The Balaban J connectivity index is 2.56. The molecule has 0 radical (unpaired) electrons. The first-order chi connectivity index (χ1) is 9.41. The molecule has 1 aliphatic rings. The molecule has 0 saturated carbocycles. The Morgan fingerprint density at radius 2 is 2.10 bits per heavy atom. The van der Waals surface area contributed by atoms with E-state index < -0.39 is 0 Å². The van der Waals surface area contributed by atoms with Crippen LogP contribution in [0.4, 0.5) is 0 Å². The first-order valence-corrected chi connectivity index (χ1v) is 8.47. The maximum Gasteiger partial charge on any atom is 0.0589 e. The Kier molecular flexibility index (Phi) is 7.49. The fourth-order valence-corrected chi connectivity index (χ4v) is 3.56. The fraction of sp³-hybridized carbons (Fsp3) is 1.00. The van der Waals surface area contributed by atoms with Gasteiger partial charge in [0.2, 0.25) is 0 Å². The molecular weight excluding hydrogens is 248 g/mol. The minimum Gasteiger partial charge on any atom is -0.395 e. The van der Waals surface area contributed by atoms with Gasteiger partial charge in [-0.05, 0) is 43.2 Å². The third-order valence-electron chi connectivity index (χ3n) is 4.73. The molecule has 20 heavy (non-hydrogen) atoms. The van der Waals surface area contributed by atoms with Crippen LogP contribution in [0.1, 0.15) is 53.9 Å². The van der Waals surface area contributed by atoms with Crippen LogP contribution in [0.3, 0.4) is 0 Å². The highest BCUT2D eigenvalue weighted by atomic mass is 16.3. The number of aliphatic hydroxyl groups is 1. The van der Waals surface area contributed by atoms with Gasteiger partial charge in [0.25, 0.3) is 0 Å². The molecule has 3 unspecified atom stereocenters. The maximum atomic E-state index is 9.63. The third-order valence-corrected chi connectivity index (χ3v) is 4.73. The molecule has 1 saturated heterocycles. The van der Waals surface area contributed by atoms with Gasteiger partial charge in [0.15, 0.2) is 0 Å². The monoisotopic (exact) mass is 284 g/mol. The van der Waals surface area contributed by atoms with E-state index in [9.17, 15) is 5.11 Å². The second-order valence-corrected chi connectivity index (χ2v) is 7.57. The molecule has 3 heteroatoms. The van der Waals surface area contributed by atoms with Crippen LogP contribution in [0.15, 0.2) is 0 Å². The number of nitrogens with zero attached hydrogens (tertiary/aromatic N) is 1. The van der Waals surface area contributed by atoms with Crippen molar-refractivity contribution in [3.8, 4) is 0 Å². The van der Waals surface area contributed by atoms with Crippen LogP contribution >= 0.6 is 0 Å². The van der Waals surface area contributed by atoms with Crippen molar-refractivity contribution in [2.24, 2.45) is 17.3 Å². The molecule has 0 amide bonds. The number of aliphatic hydroxyl groups excluding tert-OH is 1. The lowest BCUT2D eigenvalue weighted by Gasteiger charge is -2.37. The van der Waals surface area contributed by atoms with Crippen LogP contribution in [0.25, 0.3) is 0 Å². The molecule has 1 heterocycles. The lowest BCUT2D eigenvalue weighted by Crippen LogP contribution is -2.46. The highest BCUT2D eigenvalue weighted by Gasteiger charge is 2.35. The summed E-state index contributed by atoms with van der Waals surface area (Å²) >= 11 is 0. The summed E-state index contributed by atoms with van der Waals surface area (Å²) in [7, 11) is 0. The van der Waals surface area contributed by atoms with E-state index in [0.29, 0.717) is 29.9 Å². The molecule has 1 fully saturated rings. The molecule has 0 aromatic rings. The fourth-order valence-electron chi connectivity index (χ4n) is 3.56. The average molecular weight is 284 g/mol. The minimum absolute atomic E-state index is 0.308. The number of rotatable bonds is 9. The van der Waals surface area contributed by atoms with E-state index >= 15 is 0 Å². The van der Waals surface area contributed by atoms with Crippen LogP contribution < -0.4 is 5.32 Å². The smallest absolute Gasteiger partial charge is 0.0589 e. The molecular formula is C17H36N2O. The quantitative estimate of drug-likeness (QED) is 0.683. The van der Waals surface area contributed by atoms with Gasteiger partial charge in [-0.25, -0.2) is 0 Å². The van der Waals surface area contributed by atoms with E-state index in [4.69, 9.17) is 0 Å². The normalized spacial score (nSPS) is 27.1. The van der Waals surface area contributed by atoms with Gasteiger partial charge in [0, 0.05) is 19.1 Å². The predicted molar refractivity (Wildman–Crippen MR) is 87.0 cm³/mol. The molecule has 0 aromatic heterocycles. The van der Waals surface area contributed by atoms with E-state index in [1.807, 2.05) is 0 Å². The molecule has 3 atom stereocenters. The average Bonchev–Trinajstić information content (AvgIpc) is 2.69. The second-order valence-electron chi connectivity index (χ2n) is 7.57. The van der Waals surface area contributed by atoms with Crippen LogP contribution in [-0.2, 0) is 0 Å². The number of hydrogen-bond acceptors (Lipinski definition) is 3. The van der Waals surface area contributed by atoms with Crippen LogP contribution in [0.5, 0.6) is 0 Å². The SMILES string of the molecule is CCCC(C)(CNCC(C)C)CN1CCC(C)C1CO. The Hall–Kier alpha value is -0.120. The van der Waals surface area contributed by atoms with Gasteiger partial charge >= 0.3 is 0 Å². The van der Waals surface area contributed by atoms with Crippen molar-refractivity contribution in [3.05, 3.63) is 0 Å². The van der Waals surface area contributed by atoms with Crippen molar-refractivity contribution < 1.29 is 5.11 Å². The summed E-state index contributed by atoms with van der Waals surface area (Å²) in [6, 6.07) is 0.372. The predicted octanol–water partition coefficient (Wildman–Crippen LogP) is 2.74. The Bertz CT molecular complexity index is 270. The van der Waals surface area contributed by atoms with E-state index in [1.165, 1.54) is 19.3 Å². The van der Waals surface area contributed by atoms with E-state index in [1.54, 1.807) is 0 Å². The summed E-state index contributed by atoms with van der Waals surface area (Å²) in [6.07, 6.45) is 3.71. The van der Waals surface area contributed by atoms with Gasteiger partial charge in [-0.3, -0.25) is 4.90 Å². The summed E-state index contributed by atoms with van der Waals surface area (Å²) in [6.45, 7) is 16.2. The molecule has 0 bridgehead atoms. The van der Waals surface area contributed by atoms with Gasteiger partial charge < -0.3 is 10.4 Å². The standard InChI is InChI=1S/C17H36N2O/c1-6-8-17(5,12-18-10-14(2)3)13-19-9-7-15(4)16(19)11-20/h14-16,18,20H,6-13H2,1-5H3. The van der Waals surface area contributed by atoms with Crippen molar-refractivity contribution in [1.29, 1.82) is 0 Å². The van der Waals surface area contributed by atoms with Crippen molar-refractivity contribution in [2.75, 3.05) is 32.8 Å². The van der Waals surface area contributed by atoms with Gasteiger partial charge in [-0.15, -0.1) is 0 Å². The molecule has 1 aliphatic heterocycles. The van der Waals surface area contributed by atoms with Crippen LogP contribution in [0.2, 0.25) is 0 Å². The Morgan fingerprint density at radius 1 is 1.40 bits per heavy atom. The minimum atomic E-state index is 0.308. The first-order valence-electron chi connectivity index (χ1n) is 8.47. The van der Waals surface area contributed by atoms with Crippen molar-refractivity contribution in [1.82, 2.24) is 10.2 Å². The summed E-state index contributed by atoms with van der Waals surface area (Å²) < 4.78 is 0. The molecule has 0 aliphatic carbocycles. The number of nitrogens with one attached hydrogen (secondary N) is 1. The second kappa shape index (κ2) is 8.35. The van der Waals surface area contributed by atoms with Gasteiger partial charge in [0.05, 0.1) is 6.61 Å². The molecule has 3 nitrogen and oxygen atoms in total. The van der Waals surface area contributed by atoms with Crippen molar-refractivity contribution >= 4 is 0 Å². The van der Waals surface area contributed by atoms with Crippen LogP contribution in [-0.4, -0.2) is 48.8 Å². The van der Waals surface area contributed by atoms with Gasteiger partial charge in [0.1, 0.15) is 0 Å². The summed E-state index contributed by atoms with van der Waals surface area (Å²) in [5, 5.41) is 13.3. The summed E-state index contributed by atoms with van der Waals surface area (Å²) in [5.41, 5.74) is 0.321. The number of likely N-dealkylation sites (tertiary alicyclic amines) is 1. The molecule has 120 valence electrons. The van der Waals surface area contributed by atoms with Crippen molar-refractivity contribution in [3.63, 3.8) is 0 Å². The van der Waals surface area contributed by atoms with E-state index in [0.717, 1.165) is 26.2 Å². The lowest BCUT2D eigenvalue weighted by atomic mass is 9.84. The largest absolute Gasteiger partial charge is 0.395 e. The zero-order valence-electron chi connectivity index (χ0n) is 14.3.